The average Bonchev–Trinajstić information content (AvgIpc) is 3.27. The third kappa shape index (κ3) is 3.29. The van der Waals surface area contributed by atoms with Crippen molar-refractivity contribution in [2.45, 2.75) is 30.4 Å². The zero-order valence-corrected chi connectivity index (χ0v) is 15.4. The number of benzene rings is 1. The Morgan fingerprint density at radius 3 is 3.00 bits per heavy atom. The maximum atomic E-state index is 6.09. The molecule has 0 radical (unpaired) electrons. The first-order valence-electron chi connectivity index (χ1n) is 9.04. The molecule has 1 aromatic carbocycles. The third-order valence-corrected chi connectivity index (χ3v) is 6.81. The number of rotatable bonds is 5. The van der Waals surface area contributed by atoms with Crippen molar-refractivity contribution in [1.82, 2.24) is 9.88 Å². The van der Waals surface area contributed by atoms with Crippen LogP contribution in [0, 0.1) is 0 Å². The van der Waals surface area contributed by atoms with Crippen LogP contribution in [0.4, 0.5) is 0 Å². The van der Waals surface area contributed by atoms with Crippen molar-refractivity contribution in [3.63, 3.8) is 0 Å². The number of thioether (sulfide) groups is 1. The van der Waals surface area contributed by atoms with Crippen molar-refractivity contribution in [3.8, 4) is 11.5 Å². The predicted octanol–water partition coefficient (Wildman–Crippen LogP) is 3.09. The van der Waals surface area contributed by atoms with Crippen LogP contribution in [0.5, 0.6) is 11.5 Å². The Hall–Kier alpha value is -1.76. The molecular weight excluding hydrogens is 348 g/mol. The lowest BCUT2D eigenvalue weighted by Gasteiger charge is -2.47. The Kier molecular flexibility index (Phi) is 4.27. The van der Waals surface area contributed by atoms with Crippen molar-refractivity contribution in [1.29, 1.82) is 0 Å². The highest BCUT2D eigenvalue weighted by Crippen LogP contribution is 2.46. The van der Waals surface area contributed by atoms with Crippen LogP contribution >= 0.6 is 11.8 Å². The molecule has 3 aliphatic rings. The van der Waals surface area contributed by atoms with Crippen molar-refractivity contribution in [2.24, 2.45) is 0 Å². The van der Waals surface area contributed by atoms with Gasteiger partial charge in [0, 0.05) is 36.3 Å². The first-order valence-corrected chi connectivity index (χ1v) is 10.0. The minimum absolute atomic E-state index is 0.335. The van der Waals surface area contributed by atoms with Gasteiger partial charge in [-0.05, 0) is 36.2 Å². The van der Waals surface area contributed by atoms with Crippen LogP contribution in [0.15, 0.2) is 42.6 Å². The largest absolute Gasteiger partial charge is 0.454 e. The molecule has 0 aliphatic carbocycles. The summed E-state index contributed by atoms with van der Waals surface area (Å²) in [5.41, 5.74) is 2.30. The van der Waals surface area contributed by atoms with Gasteiger partial charge >= 0.3 is 0 Å². The highest BCUT2D eigenvalue weighted by molar-refractivity contribution is 8.01. The molecular formula is C20H22N2O3S. The SMILES string of the molecule is c1ccc(COC2CSC3(C2)CN(Cc2ccc4c(c2)OCO4)C3)nc1. The van der Waals surface area contributed by atoms with Crippen LogP contribution in [0.25, 0.3) is 0 Å². The maximum absolute atomic E-state index is 6.09. The first kappa shape index (κ1) is 16.4. The van der Waals surface area contributed by atoms with Crippen molar-refractivity contribution in [2.75, 3.05) is 25.6 Å². The van der Waals surface area contributed by atoms with E-state index in [4.69, 9.17) is 14.2 Å². The monoisotopic (exact) mass is 370 g/mol. The molecule has 2 aromatic rings. The van der Waals surface area contributed by atoms with Gasteiger partial charge in [-0.15, -0.1) is 11.8 Å². The van der Waals surface area contributed by atoms with Crippen LogP contribution < -0.4 is 9.47 Å². The fraction of sp³-hybridized carbons (Fsp3) is 0.450. The van der Waals surface area contributed by atoms with Crippen LogP contribution in [-0.2, 0) is 17.9 Å². The van der Waals surface area contributed by atoms with Gasteiger partial charge in [-0.25, -0.2) is 0 Å². The first-order chi connectivity index (χ1) is 12.8. The minimum atomic E-state index is 0.335. The number of pyridine rings is 1. The molecule has 0 amide bonds. The van der Waals surface area contributed by atoms with E-state index >= 15 is 0 Å². The lowest BCUT2D eigenvalue weighted by atomic mass is 9.92. The number of ether oxygens (including phenoxy) is 3. The summed E-state index contributed by atoms with van der Waals surface area (Å²) in [6.45, 7) is 4.19. The lowest BCUT2D eigenvalue weighted by molar-refractivity contribution is 0.0251. The van der Waals surface area contributed by atoms with Gasteiger partial charge in [0.1, 0.15) is 0 Å². The van der Waals surface area contributed by atoms with Crippen LogP contribution in [-0.4, -0.2) is 46.4 Å². The molecule has 136 valence electrons. The van der Waals surface area contributed by atoms with Gasteiger partial charge in [-0.3, -0.25) is 9.88 Å². The molecule has 1 spiro atoms. The normalized spacial score (nSPS) is 23.3. The van der Waals surface area contributed by atoms with E-state index in [1.165, 1.54) is 5.56 Å². The molecule has 0 N–H and O–H groups in total. The maximum Gasteiger partial charge on any atom is 0.231 e. The molecule has 2 saturated heterocycles. The molecule has 5 nitrogen and oxygen atoms in total. The highest BCUT2D eigenvalue weighted by atomic mass is 32.2. The summed E-state index contributed by atoms with van der Waals surface area (Å²) >= 11 is 2.08. The number of likely N-dealkylation sites (tertiary alicyclic amines) is 1. The van der Waals surface area contributed by atoms with Crippen molar-refractivity contribution in [3.05, 3.63) is 53.9 Å². The summed E-state index contributed by atoms with van der Waals surface area (Å²) in [7, 11) is 0. The van der Waals surface area contributed by atoms with Crippen LogP contribution in [0.2, 0.25) is 0 Å². The average molecular weight is 370 g/mol. The minimum Gasteiger partial charge on any atom is -0.454 e. The molecule has 3 aliphatic heterocycles. The van der Waals surface area contributed by atoms with Gasteiger partial charge in [0.25, 0.3) is 0 Å². The van der Waals surface area contributed by atoms with E-state index in [-0.39, 0.29) is 0 Å². The highest BCUT2D eigenvalue weighted by Gasteiger charge is 2.49. The molecule has 1 atom stereocenters. The molecule has 4 heterocycles. The summed E-state index contributed by atoms with van der Waals surface area (Å²) in [5.74, 6) is 2.81. The summed E-state index contributed by atoms with van der Waals surface area (Å²) in [5, 5.41) is 0. The third-order valence-electron chi connectivity index (χ3n) is 5.23. The summed E-state index contributed by atoms with van der Waals surface area (Å²) in [6.07, 6.45) is 3.31. The molecule has 0 bridgehead atoms. The summed E-state index contributed by atoms with van der Waals surface area (Å²) in [4.78, 5) is 6.84. The molecule has 26 heavy (non-hydrogen) atoms. The molecule has 1 aromatic heterocycles. The topological polar surface area (TPSA) is 43.8 Å². The molecule has 6 heteroatoms. The van der Waals surface area contributed by atoms with Gasteiger partial charge in [0.2, 0.25) is 6.79 Å². The molecule has 1 unspecified atom stereocenters. The Balaban J connectivity index is 1.11. The van der Waals surface area contributed by atoms with Gasteiger partial charge in [-0.1, -0.05) is 12.1 Å². The van der Waals surface area contributed by atoms with E-state index in [0.717, 1.165) is 49.0 Å². The second-order valence-electron chi connectivity index (χ2n) is 7.29. The summed E-state index contributed by atoms with van der Waals surface area (Å²) < 4.78 is 17.3. The number of fused-ring (bicyclic) bond motifs is 1. The second-order valence-corrected chi connectivity index (χ2v) is 8.77. The molecule has 2 fully saturated rings. The Morgan fingerprint density at radius 2 is 2.12 bits per heavy atom. The number of aromatic nitrogens is 1. The zero-order valence-electron chi connectivity index (χ0n) is 14.6. The van der Waals surface area contributed by atoms with E-state index in [1.54, 1.807) is 0 Å². The van der Waals surface area contributed by atoms with E-state index in [2.05, 4.69) is 33.8 Å². The Labute approximate surface area is 157 Å². The van der Waals surface area contributed by atoms with Crippen LogP contribution in [0.3, 0.4) is 0 Å². The fourth-order valence-corrected chi connectivity index (χ4v) is 5.60. The summed E-state index contributed by atoms with van der Waals surface area (Å²) in [6, 6.07) is 12.2. The van der Waals surface area contributed by atoms with Crippen LogP contribution in [0.1, 0.15) is 17.7 Å². The second kappa shape index (κ2) is 6.76. The Bertz CT molecular complexity index is 780. The quantitative estimate of drug-likeness (QED) is 0.806. The zero-order chi connectivity index (χ0) is 17.4. The van der Waals surface area contributed by atoms with Gasteiger partial charge in [-0.2, -0.15) is 0 Å². The van der Waals surface area contributed by atoms with Gasteiger partial charge in [0.05, 0.1) is 18.4 Å². The molecule has 0 saturated carbocycles. The van der Waals surface area contributed by atoms with Crippen molar-refractivity contribution < 1.29 is 14.2 Å². The van der Waals surface area contributed by atoms with E-state index in [9.17, 15) is 0 Å². The smallest absolute Gasteiger partial charge is 0.231 e. The van der Waals surface area contributed by atoms with E-state index in [1.807, 2.05) is 30.5 Å². The fourth-order valence-electron chi connectivity index (χ4n) is 3.99. The standard InChI is InChI=1S/C20H22N2O3S/c1-2-6-21-16(3-1)10-23-17-8-20(26-11-17)12-22(13-20)9-15-4-5-18-19(7-15)25-14-24-18/h1-7,17H,8-14H2. The number of hydrogen-bond donors (Lipinski definition) is 0. The van der Waals surface area contributed by atoms with Gasteiger partial charge < -0.3 is 14.2 Å². The number of hydrogen-bond acceptors (Lipinski definition) is 6. The lowest BCUT2D eigenvalue weighted by Crippen LogP contribution is -2.58. The van der Waals surface area contributed by atoms with E-state index in [0.29, 0.717) is 24.3 Å². The van der Waals surface area contributed by atoms with Crippen molar-refractivity contribution >= 4 is 11.8 Å². The molecule has 5 rings (SSSR count). The Morgan fingerprint density at radius 1 is 1.19 bits per heavy atom. The van der Waals surface area contributed by atoms with Gasteiger partial charge in [0.15, 0.2) is 11.5 Å². The predicted molar refractivity (Wildman–Crippen MR) is 100 cm³/mol. The van der Waals surface area contributed by atoms with E-state index < -0.39 is 0 Å². The number of nitrogens with zero attached hydrogens (tertiary/aromatic N) is 2.